The Morgan fingerprint density at radius 3 is 2.56 bits per heavy atom. The number of H-pyrrole nitrogens is 1. The van der Waals surface area contributed by atoms with E-state index in [9.17, 15) is 10.1 Å². The zero-order valence-corrected chi connectivity index (χ0v) is 15.1. The number of aromatic amines is 1. The number of hydrogen-bond donors (Lipinski definition) is 1. The first kappa shape index (κ1) is 16.9. The summed E-state index contributed by atoms with van der Waals surface area (Å²) in [5.41, 5.74) is 3.69. The van der Waals surface area contributed by atoms with Gasteiger partial charge in [0, 0.05) is 11.8 Å². The lowest BCUT2D eigenvalue weighted by molar-refractivity contribution is 0.158. The van der Waals surface area contributed by atoms with E-state index in [1.54, 1.807) is 24.4 Å². The molecule has 0 saturated heterocycles. The van der Waals surface area contributed by atoms with Gasteiger partial charge in [-0.3, -0.25) is 4.79 Å². The summed E-state index contributed by atoms with van der Waals surface area (Å²) in [7, 11) is 0. The number of fused-ring (bicyclic) bond motifs is 1. The maximum absolute atomic E-state index is 12.9. The summed E-state index contributed by atoms with van der Waals surface area (Å²) in [5.74, 6) is 0.666. The highest BCUT2D eigenvalue weighted by Crippen LogP contribution is 2.41. The van der Waals surface area contributed by atoms with Gasteiger partial charge in [0.2, 0.25) is 0 Å². The molecule has 1 N–H and O–H groups in total. The summed E-state index contributed by atoms with van der Waals surface area (Å²) in [4.78, 5) is 15.7. The van der Waals surface area contributed by atoms with Crippen LogP contribution in [0.2, 0.25) is 0 Å². The van der Waals surface area contributed by atoms with Crippen molar-refractivity contribution in [2.45, 2.75) is 19.4 Å². The van der Waals surface area contributed by atoms with E-state index in [4.69, 9.17) is 4.74 Å². The second kappa shape index (κ2) is 6.30. The molecule has 0 aliphatic carbocycles. The van der Waals surface area contributed by atoms with E-state index < -0.39 is 5.60 Å². The fourth-order valence-electron chi connectivity index (χ4n) is 3.45. The molecule has 2 heterocycles. The smallest absolute Gasteiger partial charge is 0.256 e. The van der Waals surface area contributed by atoms with Crippen molar-refractivity contribution in [2.24, 2.45) is 0 Å². The van der Waals surface area contributed by atoms with Gasteiger partial charge in [-0.25, -0.2) is 0 Å². The average molecular weight is 354 g/mol. The van der Waals surface area contributed by atoms with E-state index in [1.807, 2.05) is 56.3 Å². The van der Waals surface area contributed by atoms with Gasteiger partial charge in [-0.05, 0) is 60.9 Å². The highest BCUT2D eigenvalue weighted by molar-refractivity contribution is 5.91. The van der Waals surface area contributed by atoms with Crippen LogP contribution in [0.3, 0.4) is 0 Å². The second-order valence-corrected chi connectivity index (χ2v) is 7.05. The summed E-state index contributed by atoms with van der Waals surface area (Å²) in [6.07, 6.45) is 3.61. The molecule has 4 heteroatoms. The molecule has 0 amide bonds. The first-order chi connectivity index (χ1) is 13.0. The van der Waals surface area contributed by atoms with Crippen LogP contribution in [0, 0.1) is 11.3 Å². The number of rotatable bonds is 2. The molecule has 0 unspecified atom stereocenters. The van der Waals surface area contributed by atoms with Crippen molar-refractivity contribution >= 4 is 5.57 Å². The monoisotopic (exact) mass is 354 g/mol. The number of aromatic nitrogens is 1. The Kier molecular flexibility index (Phi) is 3.93. The van der Waals surface area contributed by atoms with E-state index >= 15 is 0 Å². The summed E-state index contributed by atoms with van der Waals surface area (Å²) >= 11 is 0. The van der Waals surface area contributed by atoms with E-state index in [0.29, 0.717) is 16.9 Å². The van der Waals surface area contributed by atoms with Crippen LogP contribution in [0.25, 0.3) is 16.7 Å². The Labute approximate surface area is 157 Å². The molecule has 0 spiro atoms. The van der Waals surface area contributed by atoms with Crippen molar-refractivity contribution in [3.05, 3.63) is 93.9 Å². The van der Waals surface area contributed by atoms with Gasteiger partial charge in [-0.2, -0.15) is 5.26 Å². The molecular weight excluding hydrogens is 336 g/mol. The van der Waals surface area contributed by atoms with Crippen LogP contribution in [-0.4, -0.2) is 10.6 Å². The Hall–Kier alpha value is -3.58. The van der Waals surface area contributed by atoms with Gasteiger partial charge in [-0.15, -0.1) is 0 Å². The van der Waals surface area contributed by atoms with Crippen LogP contribution >= 0.6 is 0 Å². The molecule has 0 saturated carbocycles. The predicted octanol–water partition coefficient (Wildman–Crippen LogP) is 4.52. The standard InChI is InChI=1S/C23H18N2O2/c1-23(2)13-19(18-12-15(14-24)8-9-20(18)27-23)21-17(10-11-25-22(21)26)16-6-4-3-5-7-16/h3-13H,1-2H3,(H,25,26). The summed E-state index contributed by atoms with van der Waals surface area (Å²) < 4.78 is 6.06. The molecule has 0 radical (unpaired) electrons. The maximum Gasteiger partial charge on any atom is 0.256 e. The molecule has 1 aliphatic rings. The minimum absolute atomic E-state index is 0.173. The zero-order chi connectivity index (χ0) is 19.0. The molecule has 0 fully saturated rings. The molecule has 27 heavy (non-hydrogen) atoms. The first-order valence-electron chi connectivity index (χ1n) is 8.72. The number of hydrogen-bond acceptors (Lipinski definition) is 3. The van der Waals surface area contributed by atoms with E-state index in [1.165, 1.54) is 0 Å². The number of pyridine rings is 1. The Bertz CT molecular complexity index is 1150. The van der Waals surface area contributed by atoms with Gasteiger partial charge in [0.1, 0.15) is 11.4 Å². The van der Waals surface area contributed by atoms with Crippen LogP contribution in [0.4, 0.5) is 0 Å². The molecule has 1 aliphatic heterocycles. The van der Waals surface area contributed by atoms with Gasteiger partial charge >= 0.3 is 0 Å². The lowest BCUT2D eigenvalue weighted by atomic mass is 9.86. The normalized spacial score (nSPS) is 14.5. The highest BCUT2D eigenvalue weighted by Gasteiger charge is 2.29. The third kappa shape index (κ3) is 3.04. The van der Waals surface area contributed by atoms with Crippen LogP contribution in [-0.2, 0) is 0 Å². The van der Waals surface area contributed by atoms with Crippen LogP contribution in [0.15, 0.2) is 71.7 Å². The second-order valence-electron chi connectivity index (χ2n) is 7.05. The van der Waals surface area contributed by atoms with Crippen molar-refractivity contribution in [3.63, 3.8) is 0 Å². The number of nitrogens with one attached hydrogen (secondary N) is 1. The minimum Gasteiger partial charge on any atom is -0.483 e. The lowest BCUT2D eigenvalue weighted by Crippen LogP contribution is -2.30. The maximum atomic E-state index is 12.9. The largest absolute Gasteiger partial charge is 0.483 e. The average Bonchev–Trinajstić information content (AvgIpc) is 2.67. The zero-order valence-electron chi connectivity index (χ0n) is 15.1. The topological polar surface area (TPSA) is 65.9 Å². The third-order valence-electron chi connectivity index (χ3n) is 4.58. The SMILES string of the molecule is CC1(C)C=C(c2c(-c3ccccc3)cc[nH]c2=O)c2cc(C#N)ccc2O1. The van der Waals surface area contributed by atoms with Gasteiger partial charge in [0.05, 0.1) is 17.2 Å². The van der Waals surface area contributed by atoms with Crippen LogP contribution in [0.5, 0.6) is 5.75 Å². The van der Waals surface area contributed by atoms with Gasteiger partial charge in [0.25, 0.3) is 5.56 Å². The van der Waals surface area contributed by atoms with Crippen LogP contribution < -0.4 is 10.3 Å². The number of ether oxygens (including phenoxy) is 1. The molecule has 2 aromatic carbocycles. The molecule has 132 valence electrons. The lowest BCUT2D eigenvalue weighted by Gasteiger charge is -2.31. The summed E-state index contributed by atoms with van der Waals surface area (Å²) in [5, 5.41) is 9.31. The minimum atomic E-state index is -0.577. The van der Waals surface area contributed by atoms with Gasteiger partial charge in [-0.1, -0.05) is 30.3 Å². The Balaban J connectivity index is 2.03. The fraction of sp³-hybridized carbons (Fsp3) is 0.130. The van der Waals surface area contributed by atoms with Crippen molar-refractivity contribution in [1.29, 1.82) is 5.26 Å². The number of nitrogens with zero attached hydrogens (tertiary/aromatic N) is 1. The summed E-state index contributed by atoms with van der Waals surface area (Å²) in [6.45, 7) is 3.90. The van der Waals surface area contributed by atoms with Crippen molar-refractivity contribution in [1.82, 2.24) is 4.98 Å². The number of nitriles is 1. The summed E-state index contributed by atoms with van der Waals surface area (Å²) in [6, 6.07) is 19.2. The van der Waals surface area contributed by atoms with E-state index in [2.05, 4.69) is 11.1 Å². The first-order valence-corrected chi connectivity index (χ1v) is 8.72. The van der Waals surface area contributed by atoms with Gasteiger partial charge < -0.3 is 9.72 Å². The van der Waals surface area contributed by atoms with Crippen molar-refractivity contribution in [2.75, 3.05) is 0 Å². The molecule has 4 rings (SSSR count). The van der Waals surface area contributed by atoms with E-state index in [0.717, 1.165) is 22.3 Å². The third-order valence-corrected chi connectivity index (χ3v) is 4.58. The quantitative estimate of drug-likeness (QED) is 0.736. The van der Waals surface area contributed by atoms with Crippen LogP contribution in [0.1, 0.15) is 30.5 Å². The number of benzene rings is 2. The van der Waals surface area contributed by atoms with Gasteiger partial charge in [0.15, 0.2) is 0 Å². The molecule has 3 aromatic rings. The Morgan fingerprint density at radius 1 is 1.04 bits per heavy atom. The molecule has 4 nitrogen and oxygen atoms in total. The highest BCUT2D eigenvalue weighted by atomic mass is 16.5. The molecule has 0 atom stereocenters. The van der Waals surface area contributed by atoms with Crippen molar-refractivity contribution in [3.8, 4) is 22.9 Å². The Morgan fingerprint density at radius 2 is 1.81 bits per heavy atom. The molecular formula is C23H18N2O2. The fourth-order valence-corrected chi connectivity index (χ4v) is 3.45. The van der Waals surface area contributed by atoms with Crippen molar-refractivity contribution < 1.29 is 4.74 Å². The van der Waals surface area contributed by atoms with E-state index in [-0.39, 0.29) is 5.56 Å². The molecule has 1 aromatic heterocycles. The molecule has 0 bridgehead atoms. The predicted molar refractivity (Wildman–Crippen MR) is 105 cm³/mol.